The molecule has 0 atom stereocenters. The van der Waals surface area contributed by atoms with Crippen LogP contribution in [0.1, 0.15) is 22.3 Å². The Labute approximate surface area is 197 Å². The number of carbonyl (C=O) groups excluding carboxylic acids is 2. The summed E-state index contributed by atoms with van der Waals surface area (Å²) in [6.07, 6.45) is 6.29. The number of amides is 2. The highest BCUT2D eigenvalue weighted by molar-refractivity contribution is 6.32. The van der Waals surface area contributed by atoms with Gasteiger partial charge in [-0.3, -0.25) is 9.59 Å². The molecule has 6 heteroatoms. The first-order valence-electron chi connectivity index (χ1n) is 10.00. The summed E-state index contributed by atoms with van der Waals surface area (Å²) in [5, 5.41) is 6.87. The van der Waals surface area contributed by atoms with E-state index in [1.165, 1.54) is 12.2 Å². The molecule has 0 aliphatic heterocycles. The summed E-state index contributed by atoms with van der Waals surface area (Å²) in [7, 11) is 0. The van der Waals surface area contributed by atoms with Gasteiger partial charge in [0, 0.05) is 35.3 Å². The normalized spacial score (nSPS) is 11.1. The number of hydrogen-bond acceptors (Lipinski definition) is 2. The van der Waals surface area contributed by atoms with Crippen LogP contribution in [0.2, 0.25) is 10.0 Å². The molecule has 3 aromatic rings. The van der Waals surface area contributed by atoms with Crippen LogP contribution in [0.4, 0.5) is 0 Å². The van der Waals surface area contributed by atoms with E-state index in [2.05, 4.69) is 10.6 Å². The maximum absolute atomic E-state index is 12.0. The number of benzene rings is 3. The van der Waals surface area contributed by atoms with E-state index in [9.17, 15) is 9.59 Å². The Kier molecular flexibility index (Phi) is 8.67. The molecule has 0 unspecified atom stereocenters. The molecular formula is C26H22Cl2N2O2. The Morgan fingerprint density at radius 3 is 1.38 bits per heavy atom. The average molecular weight is 465 g/mol. The Bertz CT molecular complexity index is 1050. The summed E-state index contributed by atoms with van der Waals surface area (Å²) in [5.74, 6) is -0.405. The van der Waals surface area contributed by atoms with Crippen molar-refractivity contribution in [3.05, 3.63) is 117 Å². The van der Waals surface area contributed by atoms with Crippen LogP contribution in [0.25, 0.3) is 12.2 Å². The van der Waals surface area contributed by atoms with Gasteiger partial charge >= 0.3 is 0 Å². The SMILES string of the molecule is O=C(/C=C/c1ccccc1Cl)NCc1ccc(CNC(=O)/C=C/c2ccccc2Cl)cc1. The third-order valence-corrected chi connectivity index (χ3v) is 5.28. The maximum atomic E-state index is 12.0. The maximum Gasteiger partial charge on any atom is 0.244 e. The fourth-order valence-corrected chi connectivity index (χ4v) is 3.22. The fraction of sp³-hybridized carbons (Fsp3) is 0.0769. The van der Waals surface area contributed by atoms with E-state index in [0.29, 0.717) is 23.1 Å². The van der Waals surface area contributed by atoms with Gasteiger partial charge in [0.2, 0.25) is 11.8 Å². The van der Waals surface area contributed by atoms with E-state index in [1.807, 2.05) is 60.7 Å². The molecule has 0 fully saturated rings. The standard InChI is InChI=1S/C26H22Cl2N2O2/c27-23-7-3-1-5-21(23)13-15-25(31)29-17-19-9-11-20(12-10-19)18-30-26(32)16-14-22-6-2-4-8-24(22)28/h1-16H,17-18H2,(H,29,31)(H,30,32)/b15-13+,16-14+. The minimum absolute atomic E-state index is 0.202. The van der Waals surface area contributed by atoms with Crippen molar-refractivity contribution >= 4 is 47.2 Å². The minimum Gasteiger partial charge on any atom is -0.348 e. The quantitative estimate of drug-likeness (QED) is 0.423. The molecule has 0 heterocycles. The molecule has 3 aromatic carbocycles. The van der Waals surface area contributed by atoms with Crippen LogP contribution in [-0.2, 0) is 22.7 Å². The molecule has 4 nitrogen and oxygen atoms in total. The molecule has 0 aliphatic carbocycles. The van der Waals surface area contributed by atoms with Crippen molar-refractivity contribution in [3.8, 4) is 0 Å². The summed E-state index contributed by atoms with van der Waals surface area (Å²) in [6, 6.07) is 22.3. The largest absolute Gasteiger partial charge is 0.348 e. The van der Waals surface area contributed by atoms with Gasteiger partial charge in [-0.1, -0.05) is 83.9 Å². The lowest BCUT2D eigenvalue weighted by atomic mass is 10.1. The summed E-state index contributed by atoms with van der Waals surface area (Å²) < 4.78 is 0. The van der Waals surface area contributed by atoms with Crippen LogP contribution in [0.15, 0.2) is 84.9 Å². The lowest BCUT2D eigenvalue weighted by molar-refractivity contribution is -0.117. The van der Waals surface area contributed by atoms with Crippen LogP contribution in [0.5, 0.6) is 0 Å². The van der Waals surface area contributed by atoms with Crippen LogP contribution < -0.4 is 10.6 Å². The summed E-state index contributed by atoms with van der Waals surface area (Å²) in [4.78, 5) is 24.1. The van der Waals surface area contributed by atoms with Gasteiger partial charge in [0.25, 0.3) is 0 Å². The van der Waals surface area contributed by atoms with Crippen LogP contribution in [-0.4, -0.2) is 11.8 Å². The van der Waals surface area contributed by atoms with Crippen LogP contribution in [0.3, 0.4) is 0 Å². The zero-order valence-electron chi connectivity index (χ0n) is 17.2. The van der Waals surface area contributed by atoms with Gasteiger partial charge in [0.05, 0.1) is 0 Å². The highest BCUT2D eigenvalue weighted by atomic mass is 35.5. The predicted octanol–water partition coefficient (Wildman–Crippen LogP) is 5.65. The van der Waals surface area contributed by atoms with Crippen molar-refractivity contribution in [2.24, 2.45) is 0 Å². The third-order valence-electron chi connectivity index (χ3n) is 4.60. The van der Waals surface area contributed by atoms with Gasteiger partial charge in [0.1, 0.15) is 0 Å². The summed E-state index contributed by atoms with van der Waals surface area (Å²) in [6.45, 7) is 0.803. The van der Waals surface area contributed by atoms with Crippen LogP contribution >= 0.6 is 23.2 Å². The van der Waals surface area contributed by atoms with E-state index in [4.69, 9.17) is 23.2 Å². The van der Waals surface area contributed by atoms with E-state index >= 15 is 0 Å². The smallest absolute Gasteiger partial charge is 0.244 e. The average Bonchev–Trinajstić information content (AvgIpc) is 2.81. The lowest BCUT2D eigenvalue weighted by Gasteiger charge is -2.06. The van der Waals surface area contributed by atoms with Gasteiger partial charge in [-0.2, -0.15) is 0 Å². The van der Waals surface area contributed by atoms with Gasteiger partial charge in [-0.25, -0.2) is 0 Å². The Morgan fingerprint density at radius 1 is 0.625 bits per heavy atom. The molecule has 32 heavy (non-hydrogen) atoms. The highest BCUT2D eigenvalue weighted by Gasteiger charge is 2.01. The van der Waals surface area contributed by atoms with Crippen molar-refractivity contribution in [3.63, 3.8) is 0 Å². The van der Waals surface area contributed by atoms with Gasteiger partial charge in [-0.15, -0.1) is 0 Å². The second-order valence-corrected chi connectivity index (χ2v) is 7.78. The third kappa shape index (κ3) is 7.41. The van der Waals surface area contributed by atoms with Gasteiger partial charge in [0.15, 0.2) is 0 Å². The minimum atomic E-state index is -0.202. The molecule has 0 spiro atoms. The van der Waals surface area contributed by atoms with Crippen molar-refractivity contribution in [2.75, 3.05) is 0 Å². The number of halogens is 2. The zero-order chi connectivity index (χ0) is 22.8. The van der Waals surface area contributed by atoms with E-state index in [-0.39, 0.29) is 11.8 Å². The lowest BCUT2D eigenvalue weighted by Crippen LogP contribution is -2.21. The van der Waals surface area contributed by atoms with Gasteiger partial charge in [-0.05, 0) is 46.5 Å². The van der Waals surface area contributed by atoms with Crippen molar-refractivity contribution in [2.45, 2.75) is 13.1 Å². The number of nitrogens with one attached hydrogen (secondary N) is 2. The summed E-state index contributed by atoms with van der Waals surface area (Å²) in [5.41, 5.74) is 3.49. The molecule has 0 aromatic heterocycles. The Hall–Kier alpha value is -3.34. The Balaban J connectivity index is 1.43. The number of hydrogen-bond donors (Lipinski definition) is 2. The Morgan fingerprint density at radius 2 is 1.00 bits per heavy atom. The topological polar surface area (TPSA) is 58.2 Å². The predicted molar refractivity (Wildman–Crippen MR) is 131 cm³/mol. The van der Waals surface area contributed by atoms with E-state index in [0.717, 1.165) is 22.3 Å². The molecule has 0 aliphatic rings. The second-order valence-electron chi connectivity index (χ2n) is 6.96. The van der Waals surface area contributed by atoms with E-state index in [1.54, 1.807) is 24.3 Å². The molecule has 0 radical (unpaired) electrons. The van der Waals surface area contributed by atoms with E-state index < -0.39 is 0 Å². The zero-order valence-corrected chi connectivity index (χ0v) is 18.7. The first-order valence-corrected chi connectivity index (χ1v) is 10.8. The molecule has 2 amide bonds. The number of carbonyl (C=O) groups is 2. The molecule has 0 bridgehead atoms. The van der Waals surface area contributed by atoms with Crippen molar-refractivity contribution < 1.29 is 9.59 Å². The molecule has 0 saturated carbocycles. The molecule has 0 saturated heterocycles. The first kappa shape index (κ1) is 23.3. The molecule has 162 valence electrons. The van der Waals surface area contributed by atoms with Gasteiger partial charge < -0.3 is 10.6 Å². The molecular weight excluding hydrogens is 443 g/mol. The van der Waals surface area contributed by atoms with Crippen LogP contribution in [0, 0.1) is 0 Å². The second kappa shape index (κ2) is 11.9. The molecule has 3 rings (SSSR count). The highest BCUT2D eigenvalue weighted by Crippen LogP contribution is 2.17. The molecule has 2 N–H and O–H groups in total. The summed E-state index contributed by atoms with van der Waals surface area (Å²) >= 11 is 12.1. The first-order chi connectivity index (χ1) is 15.5. The monoisotopic (exact) mass is 464 g/mol. The fourth-order valence-electron chi connectivity index (χ4n) is 2.82. The number of rotatable bonds is 8. The van der Waals surface area contributed by atoms with Crippen molar-refractivity contribution in [1.82, 2.24) is 10.6 Å². The van der Waals surface area contributed by atoms with Crippen molar-refractivity contribution in [1.29, 1.82) is 0 Å².